The fraction of sp³-hybridized carbons (Fsp3) is 0.118. The van der Waals surface area contributed by atoms with Gasteiger partial charge in [0.15, 0.2) is 0 Å². The summed E-state index contributed by atoms with van der Waals surface area (Å²) in [5, 5.41) is 6.15. The maximum absolute atomic E-state index is 12.7. The third-order valence-electron chi connectivity index (χ3n) is 3.22. The molecule has 2 N–H and O–H groups in total. The number of nitrogens with one attached hydrogen (secondary N) is 2. The second-order valence-corrected chi connectivity index (χ2v) is 5.00. The van der Waals surface area contributed by atoms with Crippen molar-refractivity contribution < 1.29 is 14.0 Å². The number of anilines is 1. The van der Waals surface area contributed by atoms with Gasteiger partial charge in [-0.3, -0.25) is 9.59 Å². The molecule has 0 saturated heterocycles. The summed E-state index contributed by atoms with van der Waals surface area (Å²) in [7, 11) is 0. The van der Waals surface area contributed by atoms with Crippen molar-refractivity contribution in [3.8, 4) is 0 Å². The summed E-state index contributed by atoms with van der Waals surface area (Å²) in [6.07, 6.45) is 1.32. The first-order valence-electron chi connectivity index (χ1n) is 6.93. The maximum atomic E-state index is 12.7. The van der Waals surface area contributed by atoms with Crippen molar-refractivity contribution in [3.05, 3.63) is 65.0 Å². The Kier molecular flexibility index (Phi) is 5.19. The van der Waals surface area contributed by atoms with Crippen LogP contribution in [-0.4, -0.2) is 18.0 Å². The van der Waals surface area contributed by atoms with Gasteiger partial charge in [-0.2, -0.15) is 5.10 Å². The number of carbonyl (C=O) groups is 2. The number of carbonyl (C=O) groups excluding carboxylic acids is 2. The van der Waals surface area contributed by atoms with Crippen LogP contribution >= 0.6 is 0 Å². The van der Waals surface area contributed by atoms with Crippen LogP contribution in [-0.2, 0) is 9.59 Å². The van der Waals surface area contributed by atoms with E-state index in [-0.39, 0.29) is 5.82 Å². The highest BCUT2D eigenvalue weighted by atomic mass is 19.1. The Morgan fingerprint density at radius 1 is 1.00 bits per heavy atom. The molecule has 5 nitrogen and oxygen atoms in total. The quantitative estimate of drug-likeness (QED) is 0.519. The lowest BCUT2D eigenvalue weighted by Crippen LogP contribution is -2.32. The number of halogens is 1. The molecular formula is C17H16FN3O2. The minimum Gasteiger partial charge on any atom is -0.318 e. The van der Waals surface area contributed by atoms with Crippen LogP contribution in [0.1, 0.15) is 16.7 Å². The summed E-state index contributed by atoms with van der Waals surface area (Å²) in [4.78, 5) is 23.4. The molecule has 0 heterocycles. The fourth-order valence-corrected chi connectivity index (χ4v) is 1.77. The van der Waals surface area contributed by atoms with Gasteiger partial charge in [-0.05, 0) is 54.8 Å². The van der Waals surface area contributed by atoms with Crippen LogP contribution in [0, 0.1) is 19.7 Å². The minimum absolute atomic E-state index is 0.362. The van der Waals surface area contributed by atoms with Crippen molar-refractivity contribution in [2.75, 3.05) is 5.32 Å². The van der Waals surface area contributed by atoms with Gasteiger partial charge in [-0.25, -0.2) is 9.82 Å². The predicted molar refractivity (Wildman–Crippen MR) is 86.7 cm³/mol. The van der Waals surface area contributed by atoms with E-state index < -0.39 is 11.8 Å². The van der Waals surface area contributed by atoms with E-state index in [9.17, 15) is 14.0 Å². The Hall–Kier alpha value is -3.02. The molecule has 23 heavy (non-hydrogen) atoms. The summed E-state index contributed by atoms with van der Waals surface area (Å²) in [5.74, 6) is -2.06. The van der Waals surface area contributed by atoms with Crippen LogP contribution in [0.25, 0.3) is 0 Å². The van der Waals surface area contributed by atoms with E-state index in [4.69, 9.17) is 0 Å². The molecule has 6 heteroatoms. The van der Waals surface area contributed by atoms with Gasteiger partial charge in [0, 0.05) is 5.69 Å². The Labute approximate surface area is 133 Å². The highest BCUT2D eigenvalue weighted by molar-refractivity contribution is 6.39. The van der Waals surface area contributed by atoms with E-state index in [1.54, 1.807) is 12.1 Å². The maximum Gasteiger partial charge on any atom is 0.329 e. The van der Waals surface area contributed by atoms with E-state index in [1.165, 1.54) is 30.5 Å². The number of aryl methyl sites for hydroxylation is 2. The summed E-state index contributed by atoms with van der Waals surface area (Å²) in [6.45, 7) is 3.87. The average Bonchev–Trinajstić information content (AvgIpc) is 2.52. The summed E-state index contributed by atoms with van der Waals surface area (Å²) < 4.78 is 12.7. The summed E-state index contributed by atoms with van der Waals surface area (Å²) >= 11 is 0. The molecule has 0 unspecified atom stereocenters. The highest BCUT2D eigenvalue weighted by Gasteiger charge is 2.12. The topological polar surface area (TPSA) is 70.6 Å². The molecule has 2 aromatic rings. The molecule has 0 aliphatic rings. The number of amides is 2. The van der Waals surface area contributed by atoms with E-state index in [0.29, 0.717) is 11.3 Å². The first-order valence-corrected chi connectivity index (χ1v) is 6.93. The number of rotatable bonds is 3. The van der Waals surface area contributed by atoms with Gasteiger partial charge < -0.3 is 5.32 Å². The second kappa shape index (κ2) is 7.31. The van der Waals surface area contributed by atoms with Gasteiger partial charge in [0.25, 0.3) is 0 Å². The molecule has 0 radical (unpaired) electrons. The predicted octanol–water partition coefficient (Wildman–Crippen LogP) is 2.53. The zero-order chi connectivity index (χ0) is 16.8. The first-order chi connectivity index (χ1) is 11.0. The van der Waals surface area contributed by atoms with Crippen LogP contribution in [0.4, 0.5) is 10.1 Å². The van der Waals surface area contributed by atoms with Crippen molar-refractivity contribution in [1.82, 2.24) is 5.43 Å². The van der Waals surface area contributed by atoms with Gasteiger partial charge in [0.05, 0.1) is 6.21 Å². The molecule has 2 rings (SSSR count). The van der Waals surface area contributed by atoms with Gasteiger partial charge in [-0.15, -0.1) is 0 Å². The van der Waals surface area contributed by atoms with Crippen molar-refractivity contribution in [2.24, 2.45) is 5.10 Å². The lowest BCUT2D eigenvalue weighted by atomic mass is 10.1. The number of hydrazone groups is 1. The molecule has 0 saturated carbocycles. The van der Waals surface area contributed by atoms with E-state index in [2.05, 4.69) is 15.8 Å². The second-order valence-electron chi connectivity index (χ2n) is 5.00. The van der Waals surface area contributed by atoms with Gasteiger partial charge in [-0.1, -0.05) is 18.2 Å². The SMILES string of the molecule is Cc1ccc(NC(=O)C(=O)N/N=C\c2ccc(F)cc2)cc1C. The van der Waals surface area contributed by atoms with Gasteiger partial charge in [0.2, 0.25) is 0 Å². The van der Waals surface area contributed by atoms with Crippen molar-refractivity contribution in [1.29, 1.82) is 0 Å². The zero-order valence-corrected chi connectivity index (χ0v) is 12.8. The standard InChI is InChI=1S/C17H16FN3O2/c1-11-3-8-15(9-12(11)2)20-16(22)17(23)21-19-10-13-4-6-14(18)7-5-13/h3-10H,1-2H3,(H,20,22)(H,21,23)/b19-10-. The number of hydrogen-bond donors (Lipinski definition) is 2. The molecule has 0 aromatic heterocycles. The normalized spacial score (nSPS) is 10.6. The molecule has 0 fully saturated rings. The summed E-state index contributed by atoms with van der Waals surface area (Å²) in [5.41, 5.74) is 5.36. The highest BCUT2D eigenvalue weighted by Crippen LogP contribution is 2.13. The van der Waals surface area contributed by atoms with Crippen LogP contribution in [0.15, 0.2) is 47.6 Å². The molecule has 0 aliphatic carbocycles. The Bertz CT molecular complexity index is 755. The van der Waals surface area contributed by atoms with Crippen LogP contribution < -0.4 is 10.7 Å². The molecule has 2 amide bonds. The zero-order valence-electron chi connectivity index (χ0n) is 12.8. The van der Waals surface area contributed by atoms with Crippen molar-refractivity contribution in [3.63, 3.8) is 0 Å². The molecule has 118 valence electrons. The van der Waals surface area contributed by atoms with Gasteiger partial charge >= 0.3 is 11.8 Å². The van der Waals surface area contributed by atoms with Gasteiger partial charge in [0.1, 0.15) is 5.82 Å². The molecule has 0 atom stereocenters. The number of hydrogen-bond acceptors (Lipinski definition) is 3. The molecular weight excluding hydrogens is 297 g/mol. The monoisotopic (exact) mass is 313 g/mol. The Balaban J connectivity index is 1.90. The Morgan fingerprint density at radius 2 is 1.70 bits per heavy atom. The number of benzene rings is 2. The third kappa shape index (κ3) is 4.74. The van der Waals surface area contributed by atoms with Crippen molar-refractivity contribution in [2.45, 2.75) is 13.8 Å². The molecule has 0 spiro atoms. The average molecular weight is 313 g/mol. The van der Waals surface area contributed by atoms with E-state index >= 15 is 0 Å². The third-order valence-corrected chi connectivity index (χ3v) is 3.22. The largest absolute Gasteiger partial charge is 0.329 e. The Morgan fingerprint density at radius 3 is 2.35 bits per heavy atom. The lowest BCUT2D eigenvalue weighted by molar-refractivity contribution is -0.136. The molecule has 0 bridgehead atoms. The smallest absolute Gasteiger partial charge is 0.318 e. The van der Waals surface area contributed by atoms with Crippen molar-refractivity contribution >= 4 is 23.7 Å². The lowest BCUT2D eigenvalue weighted by Gasteiger charge is -2.06. The molecule has 0 aliphatic heterocycles. The fourth-order valence-electron chi connectivity index (χ4n) is 1.77. The molecule has 2 aromatic carbocycles. The van der Waals surface area contributed by atoms with Crippen LogP contribution in [0.5, 0.6) is 0 Å². The van der Waals surface area contributed by atoms with E-state index in [0.717, 1.165) is 11.1 Å². The number of nitrogens with zero attached hydrogens (tertiary/aromatic N) is 1. The minimum atomic E-state index is -0.887. The first kappa shape index (κ1) is 16.4. The summed E-state index contributed by atoms with van der Waals surface area (Å²) in [6, 6.07) is 10.9. The van der Waals surface area contributed by atoms with E-state index in [1.807, 2.05) is 19.9 Å². The van der Waals surface area contributed by atoms with Crippen LogP contribution in [0.2, 0.25) is 0 Å². The van der Waals surface area contributed by atoms with Crippen LogP contribution in [0.3, 0.4) is 0 Å².